The van der Waals surface area contributed by atoms with Crippen LogP contribution >= 0.6 is 0 Å². The average molecular weight is 312 g/mol. The van der Waals surface area contributed by atoms with Gasteiger partial charge in [0, 0.05) is 44.0 Å². The Morgan fingerprint density at radius 1 is 1.39 bits per heavy atom. The van der Waals surface area contributed by atoms with E-state index in [1.807, 2.05) is 23.2 Å². The van der Waals surface area contributed by atoms with Gasteiger partial charge in [-0.2, -0.15) is 0 Å². The number of pyridine rings is 1. The summed E-state index contributed by atoms with van der Waals surface area (Å²) in [6.45, 7) is 0.652. The van der Waals surface area contributed by atoms with Crippen molar-refractivity contribution in [2.24, 2.45) is 5.92 Å². The van der Waals surface area contributed by atoms with Gasteiger partial charge in [0.15, 0.2) is 0 Å². The summed E-state index contributed by atoms with van der Waals surface area (Å²) in [6, 6.07) is 3.86. The zero-order valence-electron chi connectivity index (χ0n) is 13.1. The van der Waals surface area contributed by atoms with Crippen molar-refractivity contribution in [1.82, 2.24) is 19.9 Å². The second kappa shape index (κ2) is 5.77. The number of aromatic nitrogens is 3. The molecule has 1 aliphatic carbocycles. The van der Waals surface area contributed by atoms with E-state index in [9.17, 15) is 4.79 Å². The molecule has 2 fully saturated rings. The molecule has 120 valence electrons. The van der Waals surface area contributed by atoms with Crippen molar-refractivity contribution in [1.29, 1.82) is 0 Å². The molecule has 4 rings (SSSR count). The van der Waals surface area contributed by atoms with Crippen LogP contribution in [-0.2, 0) is 9.53 Å². The van der Waals surface area contributed by atoms with Gasteiger partial charge in [-0.15, -0.1) is 0 Å². The molecule has 2 aromatic heterocycles. The van der Waals surface area contributed by atoms with E-state index in [-0.39, 0.29) is 24.0 Å². The number of carbonyl (C=O) groups is 1. The predicted molar refractivity (Wildman–Crippen MR) is 84.4 cm³/mol. The first-order valence-corrected chi connectivity index (χ1v) is 8.05. The average Bonchev–Trinajstić information content (AvgIpc) is 3.17. The Labute approximate surface area is 134 Å². The first kappa shape index (κ1) is 14.4. The van der Waals surface area contributed by atoms with E-state index in [0.717, 1.165) is 36.3 Å². The highest BCUT2D eigenvalue weighted by atomic mass is 16.5. The molecule has 1 N–H and O–H groups in total. The number of rotatable bonds is 4. The number of imidazole rings is 1. The number of ether oxygens (including phenoxy) is 1. The first-order chi connectivity index (χ1) is 11.3. The van der Waals surface area contributed by atoms with Gasteiger partial charge >= 0.3 is 0 Å². The fourth-order valence-corrected chi connectivity index (χ4v) is 3.21. The molecular weight excluding hydrogens is 292 g/mol. The van der Waals surface area contributed by atoms with Crippen LogP contribution in [0.3, 0.4) is 0 Å². The fourth-order valence-electron chi connectivity index (χ4n) is 3.21. The molecule has 1 saturated carbocycles. The van der Waals surface area contributed by atoms with Crippen molar-refractivity contribution in [2.45, 2.75) is 31.4 Å². The normalized spacial score (nSPS) is 24.1. The molecule has 23 heavy (non-hydrogen) atoms. The monoisotopic (exact) mass is 312 g/mol. The third-order valence-corrected chi connectivity index (χ3v) is 4.69. The quantitative estimate of drug-likeness (QED) is 0.939. The number of hydrogen-bond acceptors (Lipinski definition) is 4. The smallest absolute Gasteiger partial charge is 0.226 e. The zero-order valence-corrected chi connectivity index (χ0v) is 13.1. The van der Waals surface area contributed by atoms with Crippen LogP contribution in [0.15, 0.2) is 30.7 Å². The Kier molecular flexibility index (Phi) is 3.61. The summed E-state index contributed by atoms with van der Waals surface area (Å²) >= 11 is 0. The number of methoxy groups -OCH3 is 1. The second-order valence-corrected chi connectivity index (χ2v) is 6.30. The molecule has 2 aliphatic rings. The van der Waals surface area contributed by atoms with E-state index in [0.29, 0.717) is 6.54 Å². The van der Waals surface area contributed by atoms with Crippen LogP contribution in [0.25, 0.3) is 11.3 Å². The molecule has 6 nitrogen and oxygen atoms in total. The number of amides is 1. The van der Waals surface area contributed by atoms with Gasteiger partial charge in [-0.05, 0) is 25.0 Å². The van der Waals surface area contributed by atoms with Crippen molar-refractivity contribution in [3.8, 4) is 11.3 Å². The number of nitrogens with zero attached hydrogens (tertiary/aromatic N) is 3. The highest BCUT2D eigenvalue weighted by Gasteiger charge is 2.43. The molecule has 0 aromatic carbocycles. The van der Waals surface area contributed by atoms with Crippen molar-refractivity contribution in [3.63, 3.8) is 0 Å². The third-order valence-electron chi connectivity index (χ3n) is 4.69. The highest BCUT2D eigenvalue weighted by molar-refractivity contribution is 5.81. The minimum absolute atomic E-state index is 0.0292. The summed E-state index contributed by atoms with van der Waals surface area (Å²) in [5.41, 5.74) is 1.92. The van der Waals surface area contributed by atoms with Gasteiger partial charge in [0.1, 0.15) is 5.82 Å². The maximum Gasteiger partial charge on any atom is 0.226 e. The minimum atomic E-state index is -0.0292. The van der Waals surface area contributed by atoms with Crippen molar-refractivity contribution in [3.05, 3.63) is 36.5 Å². The van der Waals surface area contributed by atoms with Gasteiger partial charge in [-0.3, -0.25) is 9.78 Å². The SMILES string of the molecule is CO[C@@H]1C[C@@H](c2ncc(-c3cccnc3)[nH]2)N(C(=O)C2CC2)C1. The lowest BCUT2D eigenvalue weighted by Gasteiger charge is -2.22. The van der Waals surface area contributed by atoms with Crippen molar-refractivity contribution in [2.75, 3.05) is 13.7 Å². The number of H-pyrrole nitrogens is 1. The summed E-state index contributed by atoms with van der Waals surface area (Å²) in [7, 11) is 1.70. The molecule has 1 aliphatic heterocycles. The molecule has 0 bridgehead atoms. The number of nitrogens with one attached hydrogen (secondary N) is 1. The van der Waals surface area contributed by atoms with Crippen molar-refractivity contribution < 1.29 is 9.53 Å². The van der Waals surface area contributed by atoms with Gasteiger partial charge < -0.3 is 14.6 Å². The molecule has 2 atom stereocenters. The van der Waals surface area contributed by atoms with Crippen LogP contribution in [0, 0.1) is 5.92 Å². The van der Waals surface area contributed by atoms with E-state index in [1.54, 1.807) is 19.5 Å². The predicted octanol–water partition coefficient (Wildman–Crippen LogP) is 2.17. The van der Waals surface area contributed by atoms with E-state index in [1.165, 1.54) is 0 Å². The molecule has 1 saturated heterocycles. The molecule has 0 unspecified atom stereocenters. The topological polar surface area (TPSA) is 71.1 Å². The molecule has 2 aromatic rings. The number of hydrogen-bond donors (Lipinski definition) is 1. The second-order valence-electron chi connectivity index (χ2n) is 6.30. The Hall–Kier alpha value is -2.21. The van der Waals surface area contributed by atoms with Crippen LogP contribution in [0.4, 0.5) is 0 Å². The van der Waals surface area contributed by atoms with Crippen LogP contribution in [0.5, 0.6) is 0 Å². The van der Waals surface area contributed by atoms with E-state index in [2.05, 4.69) is 15.0 Å². The van der Waals surface area contributed by atoms with Gasteiger partial charge in [-0.25, -0.2) is 4.98 Å². The molecular formula is C17H20N4O2. The highest BCUT2D eigenvalue weighted by Crippen LogP contribution is 2.39. The number of carbonyl (C=O) groups excluding carboxylic acids is 1. The van der Waals surface area contributed by atoms with Gasteiger partial charge in [-0.1, -0.05) is 0 Å². The maximum atomic E-state index is 12.5. The Balaban J connectivity index is 1.60. The Morgan fingerprint density at radius 2 is 2.26 bits per heavy atom. The van der Waals surface area contributed by atoms with E-state index < -0.39 is 0 Å². The number of aromatic amines is 1. The Morgan fingerprint density at radius 3 is 2.96 bits per heavy atom. The standard InChI is InChI=1S/C17H20N4O2/c1-23-13-7-15(21(10-13)17(22)11-4-5-11)16-19-9-14(20-16)12-3-2-6-18-8-12/h2-3,6,8-9,11,13,15H,4-5,7,10H2,1H3,(H,19,20)/t13-,15+/m1/s1. The van der Waals surface area contributed by atoms with E-state index >= 15 is 0 Å². The third kappa shape index (κ3) is 2.74. The Bertz CT molecular complexity index is 696. The summed E-state index contributed by atoms with van der Waals surface area (Å²) in [4.78, 5) is 26.5. The summed E-state index contributed by atoms with van der Waals surface area (Å²) in [5, 5.41) is 0. The van der Waals surface area contributed by atoms with Crippen molar-refractivity contribution >= 4 is 5.91 Å². The summed E-state index contributed by atoms with van der Waals surface area (Å²) in [6.07, 6.45) is 8.25. The molecule has 3 heterocycles. The van der Waals surface area contributed by atoms with Gasteiger partial charge in [0.2, 0.25) is 5.91 Å². The lowest BCUT2D eigenvalue weighted by atomic mass is 10.2. The first-order valence-electron chi connectivity index (χ1n) is 8.05. The van der Waals surface area contributed by atoms with Crippen LogP contribution in [-0.4, -0.2) is 45.5 Å². The molecule has 6 heteroatoms. The summed E-state index contributed by atoms with van der Waals surface area (Å²) in [5.74, 6) is 1.28. The van der Waals surface area contributed by atoms with Gasteiger partial charge in [0.05, 0.1) is 24.0 Å². The van der Waals surface area contributed by atoms with Crippen LogP contribution < -0.4 is 0 Å². The lowest BCUT2D eigenvalue weighted by Crippen LogP contribution is -2.33. The van der Waals surface area contributed by atoms with Crippen LogP contribution in [0.1, 0.15) is 31.1 Å². The molecule has 1 amide bonds. The van der Waals surface area contributed by atoms with Gasteiger partial charge in [0.25, 0.3) is 0 Å². The largest absolute Gasteiger partial charge is 0.380 e. The lowest BCUT2D eigenvalue weighted by molar-refractivity contribution is -0.134. The zero-order chi connectivity index (χ0) is 15.8. The summed E-state index contributed by atoms with van der Waals surface area (Å²) < 4.78 is 5.49. The molecule has 0 radical (unpaired) electrons. The fraction of sp³-hybridized carbons (Fsp3) is 0.471. The minimum Gasteiger partial charge on any atom is -0.380 e. The maximum absolute atomic E-state index is 12.5. The van der Waals surface area contributed by atoms with Crippen LogP contribution in [0.2, 0.25) is 0 Å². The molecule has 0 spiro atoms. The number of likely N-dealkylation sites (tertiary alicyclic amines) is 1. The van der Waals surface area contributed by atoms with E-state index in [4.69, 9.17) is 4.74 Å².